The molecule has 1 aromatic carbocycles. The summed E-state index contributed by atoms with van der Waals surface area (Å²) in [6, 6.07) is 8.57. The molecule has 4 atom stereocenters. The van der Waals surface area contributed by atoms with Crippen LogP contribution in [0.4, 0.5) is 0 Å². The molecule has 0 radical (unpaired) electrons. The van der Waals surface area contributed by atoms with Crippen LogP contribution in [0.15, 0.2) is 24.3 Å². The number of aliphatic hydroxyl groups excluding tert-OH is 1. The molecular formula is C18H27NO2. The van der Waals surface area contributed by atoms with Crippen molar-refractivity contribution < 1.29 is 9.84 Å². The Morgan fingerprint density at radius 1 is 1.29 bits per heavy atom. The van der Waals surface area contributed by atoms with Crippen molar-refractivity contribution in [2.24, 2.45) is 0 Å². The van der Waals surface area contributed by atoms with E-state index in [1.165, 1.54) is 12.0 Å². The van der Waals surface area contributed by atoms with Gasteiger partial charge in [0.25, 0.3) is 0 Å². The summed E-state index contributed by atoms with van der Waals surface area (Å²) in [5.74, 6) is 0.508. The van der Waals surface area contributed by atoms with Crippen LogP contribution in [0.25, 0.3) is 0 Å². The van der Waals surface area contributed by atoms with Crippen molar-refractivity contribution in [3.05, 3.63) is 35.4 Å². The molecule has 1 fully saturated rings. The molecule has 1 saturated heterocycles. The first kappa shape index (κ1) is 15.0. The monoisotopic (exact) mass is 289 g/mol. The average molecular weight is 289 g/mol. The zero-order chi connectivity index (χ0) is 14.8. The van der Waals surface area contributed by atoms with E-state index in [4.69, 9.17) is 4.74 Å². The van der Waals surface area contributed by atoms with Crippen molar-refractivity contribution in [1.82, 2.24) is 4.90 Å². The van der Waals surface area contributed by atoms with Crippen LogP contribution in [0.3, 0.4) is 0 Å². The van der Waals surface area contributed by atoms with E-state index < -0.39 is 0 Å². The lowest BCUT2D eigenvalue weighted by atomic mass is 9.78. The van der Waals surface area contributed by atoms with Crippen molar-refractivity contribution in [1.29, 1.82) is 0 Å². The van der Waals surface area contributed by atoms with Crippen LogP contribution in [-0.4, -0.2) is 41.8 Å². The summed E-state index contributed by atoms with van der Waals surface area (Å²) in [6.07, 6.45) is 3.34. The third-order valence-corrected chi connectivity index (χ3v) is 5.14. The highest BCUT2D eigenvalue weighted by atomic mass is 16.5. The molecule has 4 unspecified atom stereocenters. The standard InChI is InChI=1S/C18H27NO2/c1-3-19(12-14-7-6-10-21-14)17-11-13(2)15-8-4-5-9-16(15)18(17)20/h4-5,8-9,13-14,17-18,20H,3,6-7,10-12H2,1-2H3. The van der Waals surface area contributed by atoms with E-state index in [-0.39, 0.29) is 12.1 Å². The molecule has 1 heterocycles. The third kappa shape index (κ3) is 3.01. The van der Waals surface area contributed by atoms with Gasteiger partial charge in [0.05, 0.1) is 12.2 Å². The van der Waals surface area contributed by atoms with Gasteiger partial charge in [-0.25, -0.2) is 0 Å². The van der Waals surface area contributed by atoms with Gasteiger partial charge in [-0.2, -0.15) is 0 Å². The minimum absolute atomic E-state index is 0.212. The fraction of sp³-hybridized carbons (Fsp3) is 0.667. The van der Waals surface area contributed by atoms with Crippen molar-refractivity contribution in [3.8, 4) is 0 Å². The summed E-state index contributed by atoms with van der Waals surface area (Å²) < 4.78 is 5.78. The Morgan fingerprint density at radius 2 is 2.05 bits per heavy atom. The molecular weight excluding hydrogens is 262 g/mol. The maximum atomic E-state index is 10.8. The molecule has 0 spiro atoms. The Labute approximate surface area is 127 Å². The van der Waals surface area contributed by atoms with Crippen LogP contribution >= 0.6 is 0 Å². The normalized spacial score (nSPS) is 32.4. The number of hydrogen-bond donors (Lipinski definition) is 1. The lowest BCUT2D eigenvalue weighted by Gasteiger charge is -2.41. The summed E-state index contributed by atoms with van der Waals surface area (Å²) in [5.41, 5.74) is 2.43. The fourth-order valence-electron chi connectivity index (χ4n) is 3.95. The number of fused-ring (bicyclic) bond motifs is 1. The average Bonchev–Trinajstić information content (AvgIpc) is 3.02. The van der Waals surface area contributed by atoms with Gasteiger partial charge >= 0.3 is 0 Å². The maximum Gasteiger partial charge on any atom is 0.0948 e. The van der Waals surface area contributed by atoms with E-state index in [0.717, 1.165) is 38.1 Å². The summed E-state index contributed by atoms with van der Waals surface area (Å²) in [7, 11) is 0. The first-order valence-corrected chi connectivity index (χ1v) is 8.33. The second-order valence-corrected chi connectivity index (χ2v) is 6.50. The molecule has 3 heteroatoms. The second-order valence-electron chi connectivity index (χ2n) is 6.50. The van der Waals surface area contributed by atoms with E-state index in [2.05, 4.69) is 36.9 Å². The second kappa shape index (κ2) is 6.47. The van der Waals surface area contributed by atoms with Gasteiger partial charge < -0.3 is 9.84 Å². The Balaban J connectivity index is 1.78. The third-order valence-electron chi connectivity index (χ3n) is 5.14. The molecule has 3 nitrogen and oxygen atoms in total. The molecule has 0 amide bonds. The molecule has 2 aliphatic rings. The summed E-state index contributed by atoms with van der Waals surface area (Å²) >= 11 is 0. The SMILES string of the molecule is CCN(CC1CCCO1)C1CC(C)c2ccccc2C1O. The highest BCUT2D eigenvalue weighted by molar-refractivity contribution is 5.35. The van der Waals surface area contributed by atoms with Gasteiger partial charge in [0.15, 0.2) is 0 Å². The fourth-order valence-corrected chi connectivity index (χ4v) is 3.95. The Hall–Kier alpha value is -0.900. The summed E-state index contributed by atoms with van der Waals surface area (Å²) in [5, 5.41) is 10.8. The van der Waals surface area contributed by atoms with Gasteiger partial charge in [-0.15, -0.1) is 0 Å². The number of ether oxygens (including phenoxy) is 1. The highest BCUT2D eigenvalue weighted by Crippen LogP contribution is 2.39. The van der Waals surface area contributed by atoms with Gasteiger partial charge in [-0.3, -0.25) is 4.90 Å². The van der Waals surface area contributed by atoms with Crippen LogP contribution in [0, 0.1) is 0 Å². The van der Waals surface area contributed by atoms with Gasteiger partial charge in [0, 0.05) is 19.2 Å². The smallest absolute Gasteiger partial charge is 0.0948 e. The quantitative estimate of drug-likeness (QED) is 0.924. The Bertz CT molecular complexity index is 470. The summed E-state index contributed by atoms with van der Waals surface area (Å²) in [6.45, 7) is 7.28. The molecule has 1 aromatic rings. The molecule has 0 saturated carbocycles. The highest BCUT2D eigenvalue weighted by Gasteiger charge is 2.36. The predicted molar refractivity (Wildman–Crippen MR) is 84.4 cm³/mol. The number of nitrogens with zero attached hydrogens (tertiary/aromatic N) is 1. The van der Waals surface area contributed by atoms with Crippen LogP contribution in [-0.2, 0) is 4.74 Å². The van der Waals surface area contributed by atoms with Gasteiger partial charge in [0.2, 0.25) is 0 Å². The minimum Gasteiger partial charge on any atom is -0.387 e. The molecule has 21 heavy (non-hydrogen) atoms. The van der Waals surface area contributed by atoms with Crippen LogP contribution in [0.1, 0.15) is 56.3 Å². The molecule has 1 aliphatic heterocycles. The van der Waals surface area contributed by atoms with E-state index in [9.17, 15) is 5.11 Å². The topological polar surface area (TPSA) is 32.7 Å². The summed E-state index contributed by atoms with van der Waals surface area (Å²) in [4.78, 5) is 2.42. The van der Waals surface area contributed by atoms with Crippen molar-refractivity contribution in [2.75, 3.05) is 19.7 Å². The number of rotatable bonds is 4. The van der Waals surface area contributed by atoms with Gasteiger partial charge in [-0.1, -0.05) is 38.1 Å². The zero-order valence-electron chi connectivity index (χ0n) is 13.2. The number of aliphatic hydroxyl groups is 1. The lowest BCUT2D eigenvalue weighted by molar-refractivity contribution is 0.00127. The van der Waals surface area contributed by atoms with E-state index in [1.807, 2.05) is 6.07 Å². The first-order valence-electron chi connectivity index (χ1n) is 8.33. The molecule has 1 N–H and O–H groups in total. The van der Waals surface area contributed by atoms with Crippen molar-refractivity contribution in [3.63, 3.8) is 0 Å². The molecule has 0 aromatic heterocycles. The first-order chi connectivity index (χ1) is 10.2. The molecule has 1 aliphatic carbocycles. The lowest BCUT2D eigenvalue weighted by Crippen LogP contribution is -2.46. The van der Waals surface area contributed by atoms with Gasteiger partial charge in [0.1, 0.15) is 0 Å². The van der Waals surface area contributed by atoms with Crippen LogP contribution in [0.2, 0.25) is 0 Å². The van der Waals surface area contributed by atoms with Crippen LogP contribution < -0.4 is 0 Å². The predicted octanol–water partition coefficient (Wildman–Crippen LogP) is 3.10. The molecule has 3 rings (SSSR count). The van der Waals surface area contributed by atoms with E-state index >= 15 is 0 Å². The van der Waals surface area contributed by atoms with Crippen molar-refractivity contribution >= 4 is 0 Å². The van der Waals surface area contributed by atoms with Gasteiger partial charge in [-0.05, 0) is 42.9 Å². The molecule has 0 bridgehead atoms. The molecule has 116 valence electrons. The van der Waals surface area contributed by atoms with E-state index in [0.29, 0.717) is 12.0 Å². The number of hydrogen-bond acceptors (Lipinski definition) is 3. The Kier molecular flexibility index (Phi) is 4.63. The number of benzene rings is 1. The minimum atomic E-state index is -0.376. The maximum absolute atomic E-state index is 10.8. The van der Waals surface area contributed by atoms with E-state index in [1.54, 1.807) is 0 Å². The Morgan fingerprint density at radius 3 is 2.71 bits per heavy atom. The number of likely N-dealkylation sites (N-methyl/N-ethyl adjacent to an activating group) is 1. The zero-order valence-corrected chi connectivity index (χ0v) is 13.2. The van der Waals surface area contributed by atoms with Crippen molar-refractivity contribution in [2.45, 2.75) is 57.3 Å². The van der Waals surface area contributed by atoms with Crippen LogP contribution in [0.5, 0.6) is 0 Å². The largest absolute Gasteiger partial charge is 0.387 e.